The van der Waals surface area contributed by atoms with Crippen LogP contribution in [0.15, 0.2) is 54.6 Å². The minimum Gasteiger partial charge on any atom is -0.497 e. The number of hydrogen-bond donors (Lipinski definition) is 3. The summed E-state index contributed by atoms with van der Waals surface area (Å²) < 4.78 is 5.05. The zero-order valence-corrected chi connectivity index (χ0v) is 12.5. The second kappa shape index (κ2) is 8.17. The van der Waals surface area contributed by atoms with E-state index in [1.165, 1.54) is 0 Å². The Labute approximate surface area is 129 Å². The van der Waals surface area contributed by atoms with E-state index in [9.17, 15) is 9.90 Å². The smallest absolute Gasteiger partial charge is 0.238 e. The first kappa shape index (κ1) is 16.0. The number of aliphatic hydroxyl groups is 1. The van der Waals surface area contributed by atoms with Crippen LogP contribution in [0.1, 0.15) is 11.7 Å². The van der Waals surface area contributed by atoms with Crippen LogP contribution in [0.3, 0.4) is 0 Å². The van der Waals surface area contributed by atoms with Gasteiger partial charge < -0.3 is 20.5 Å². The number of carbonyl (C=O) groups excluding carboxylic acids is 1. The molecule has 0 unspecified atom stereocenters. The molecule has 0 aromatic heterocycles. The Bertz CT molecular complexity index is 585. The number of benzene rings is 2. The molecule has 0 bridgehead atoms. The molecule has 2 aromatic carbocycles. The van der Waals surface area contributed by atoms with E-state index in [1.54, 1.807) is 31.4 Å². The van der Waals surface area contributed by atoms with E-state index in [2.05, 4.69) is 10.6 Å². The Morgan fingerprint density at radius 1 is 1.14 bits per heavy atom. The molecule has 0 heterocycles. The second-order valence-corrected chi connectivity index (χ2v) is 4.83. The van der Waals surface area contributed by atoms with Crippen LogP contribution in [0, 0.1) is 0 Å². The van der Waals surface area contributed by atoms with Crippen LogP contribution in [0.25, 0.3) is 0 Å². The van der Waals surface area contributed by atoms with E-state index in [0.717, 1.165) is 11.3 Å². The van der Waals surface area contributed by atoms with Gasteiger partial charge in [-0.2, -0.15) is 0 Å². The maximum absolute atomic E-state index is 11.8. The number of carbonyl (C=O) groups is 1. The van der Waals surface area contributed by atoms with E-state index in [0.29, 0.717) is 12.2 Å². The first-order valence-corrected chi connectivity index (χ1v) is 7.06. The summed E-state index contributed by atoms with van der Waals surface area (Å²) in [6.45, 7) is 0.454. The molecule has 5 heteroatoms. The molecule has 1 amide bonds. The highest BCUT2D eigenvalue weighted by Gasteiger charge is 2.08. The fourth-order valence-electron chi connectivity index (χ4n) is 1.99. The fourth-order valence-corrected chi connectivity index (χ4v) is 1.99. The Kier molecular flexibility index (Phi) is 5.94. The summed E-state index contributed by atoms with van der Waals surface area (Å²) in [7, 11) is 1.59. The summed E-state index contributed by atoms with van der Waals surface area (Å²) in [5.74, 6) is 0.576. The topological polar surface area (TPSA) is 70.6 Å². The molecule has 3 N–H and O–H groups in total. The van der Waals surface area contributed by atoms with Gasteiger partial charge in [0.1, 0.15) is 5.75 Å². The van der Waals surface area contributed by atoms with Gasteiger partial charge in [0.25, 0.3) is 0 Å². The van der Waals surface area contributed by atoms with Gasteiger partial charge >= 0.3 is 0 Å². The van der Waals surface area contributed by atoms with Crippen LogP contribution in [0.5, 0.6) is 5.75 Å². The highest BCUT2D eigenvalue weighted by molar-refractivity contribution is 5.92. The number of hydrogen-bond acceptors (Lipinski definition) is 4. The van der Waals surface area contributed by atoms with Crippen molar-refractivity contribution in [3.05, 3.63) is 60.2 Å². The number of rotatable bonds is 7. The predicted molar refractivity (Wildman–Crippen MR) is 85.9 cm³/mol. The normalized spacial score (nSPS) is 11.7. The molecule has 2 aromatic rings. The lowest BCUT2D eigenvalue weighted by molar-refractivity contribution is -0.115. The quantitative estimate of drug-likeness (QED) is 0.731. The molecule has 0 aliphatic rings. The largest absolute Gasteiger partial charge is 0.497 e. The lowest BCUT2D eigenvalue weighted by Crippen LogP contribution is -2.31. The van der Waals surface area contributed by atoms with Crippen LogP contribution in [0.4, 0.5) is 5.69 Å². The SMILES string of the molecule is COc1ccc(NC(=O)CNC[C@H](O)c2ccccc2)cc1. The van der Waals surface area contributed by atoms with Crippen LogP contribution < -0.4 is 15.4 Å². The number of ether oxygens (including phenoxy) is 1. The van der Waals surface area contributed by atoms with Gasteiger partial charge in [0.2, 0.25) is 5.91 Å². The van der Waals surface area contributed by atoms with E-state index in [-0.39, 0.29) is 12.5 Å². The summed E-state index contributed by atoms with van der Waals surface area (Å²) in [5, 5.41) is 15.7. The van der Waals surface area contributed by atoms with Gasteiger partial charge in [0.05, 0.1) is 19.8 Å². The molecule has 1 atom stereocenters. The molecule has 0 fully saturated rings. The summed E-state index contributed by atoms with van der Waals surface area (Å²) in [6.07, 6.45) is -0.630. The molecule has 0 aliphatic heterocycles. The average molecular weight is 300 g/mol. The van der Waals surface area contributed by atoms with Crippen molar-refractivity contribution in [2.45, 2.75) is 6.10 Å². The molecular formula is C17H20N2O3. The highest BCUT2D eigenvalue weighted by Crippen LogP contribution is 2.14. The van der Waals surface area contributed by atoms with Crippen molar-refractivity contribution < 1.29 is 14.6 Å². The maximum atomic E-state index is 11.8. The first-order valence-electron chi connectivity index (χ1n) is 7.06. The van der Waals surface area contributed by atoms with Gasteiger partial charge in [-0.15, -0.1) is 0 Å². The van der Waals surface area contributed by atoms with Crippen LogP contribution in [0.2, 0.25) is 0 Å². The molecule has 0 aliphatic carbocycles. The van der Waals surface area contributed by atoms with Crippen LogP contribution in [-0.2, 0) is 4.79 Å². The molecule has 5 nitrogen and oxygen atoms in total. The van der Waals surface area contributed by atoms with Gasteiger partial charge in [0, 0.05) is 12.2 Å². The summed E-state index contributed by atoms with van der Waals surface area (Å²) in [6, 6.07) is 16.4. The Morgan fingerprint density at radius 2 is 1.82 bits per heavy atom. The zero-order chi connectivity index (χ0) is 15.8. The highest BCUT2D eigenvalue weighted by atomic mass is 16.5. The Morgan fingerprint density at radius 3 is 2.45 bits per heavy atom. The Hall–Kier alpha value is -2.37. The maximum Gasteiger partial charge on any atom is 0.238 e. The van der Waals surface area contributed by atoms with Gasteiger partial charge in [-0.3, -0.25) is 4.79 Å². The monoisotopic (exact) mass is 300 g/mol. The van der Waals surface area contributed by atoms with Crippen molar-refractivity contribution in [2.24, 2.45) is 0 Å². The standard InChI is InChI=1S/C17H20N2O3/c1-22-15-9-7-14(8-10-15)19-17(21)12-18-11-16(20)13-5-3-2-4-6-13/h2-10,16,18,20H,11-12H2,1H3,(H,19,21)/t16-/m0/s1. The number of nitrogens with one attached hydrogen (secondary N) is 2. The third kappa shape index (κ3) is 4.87. The van der Waals surface area contributed by atoms with Crippen molar-refractivity contribution in [3.8, 4) is 5.75 Å². The van der Waals surface area contributed by atoms with Gasteiger partial charge in [-0.05, 0) is 29.8 Å². The van der Waals surface area contributed by atoms with E-state index < -0.39 is 6.10 Å². The number of aliphatic hydroxyl groups excluding tert-OH is 1. The lowest BCUT2D eigenvalue weighted by Gasteiger charge is -2.12. The molecule has 0 radical (unpaired) electrons. The zero-order valence-electron chi connectivity index (χ0n) is 12.5. The molecular weight excluding hydrogens is 280 g/mol. The summed E-state index contributed by atoms with van der Waals surface area (Å²) >= 11 is 0. The van der Waals surface area contributed by atoms with Crippen molar-refractivity contribution >= 4 is 11.6 Å². The minimum absolute atomic E-state index is 0.135. The summed E-state index contributed by atoms with van der Waals surface area (Å²) in [5.41, 5.74) is 1.53. The molecule has 22 heavy (non-hydrogen) atoms. The predicted octanol–water partition coefficient (Wildman–Crippen LogP) is 1.96. The van der Waals surface area contributed by atoms with Crippen LogP contribution in [-0.4, -0.2) is 31.2 Å². The van der Waals surface area contributed by atoms with E-state index in [4.69, 9.17) is 4.74 Å². The minimum atomic E-state index is -0.630. The summed E-state index contributed by atoms with van der Waals surface area (Å²) in [4.78, 5) is 11.8. The third-order valence-electron chi connectivity index (χ3n) is 3.18. The second-order valence-electron chi connectivity index (χ2n) is 4.83. The Balaban J connectivity index is 1.73. The first-order chi connectivity index (χ1) is 10.7. The van der Waals surface area contributed by atoms with E-state index >= 15 is 0 Å². The van der Waals surface area contributed by atoms with Gasteiger partial charge in [-0.1, -0.05) is 30.3 Å². The lowest BCUT2D eigenvalue weighted by atomic mass is 10.1. The molecule has 2 rings (SSSR count). The number of amides is 1. The van der Waals surface area contributed by atoms with Gasteiger partial charge in [0.15, 0.2) is 0 Å². The van der Waals surface area contributed by atoms with Crippen molar-refractivity contribution in [1.82, 2.24) is 5.32 Å². The van der Waals surface area contributed by atoms with Crippen molar-refractivity contribution in [3.63, 3.8) is 0 Å². The van der Waals surface area contributed by atoms with Crippen molar-refractivity contribution in [1.29, 1.82) is 0 Å². The van der Waals surface area contributed by atoms with Crippen LogP contribution >= 0.6 is 0 Å². The molecule has 116 valence electrons. The molecule has 0 saturated carbocycles. The average Bonchev–Trinajstić information content (AvgIpc) is 2.56. The van der Waals surface area contributed by atoms with E-state index in [1.807, 2.05) is 30.3 Å². The fraction of sp³-hybridized carbons (Fsp3) is 0.235. The third-order valence-corrected chi connectivity index (χ3v) is 3.18. The molecule has 0 saturated heterocycles. The van der Waals surface area contributed by atoms with Crippen molar-refractivity contribution in [2.75, 3.05) is 25.5 Å². The molecule has 0 spiro atoms. The number of anilines is 1. The number of methoxy groups -OCH3 is 1. The van der Waals surface area contributed by atoms with Gasteiger partial charge in [-0.25, -0.2) is 0 Å².